The van der Waals surface area contributed by atoms with E-state index >= 15 is 0 Å². The zero-order valence-electron chi connectivity index (χ0n) is 17.4. The van der Waals surface area contributed by atoms with E-state index in [1.165, 1.54) is 24.2 Å². The second-order valence-corrected chi connectivity index (χ2v) is 8.64. The van der Waals surface area contributed by atoms with Gasteiger partial charge < -0.3 is 19.9 Å². The van der Waals surface area contributed by atoms with Crippen LogP contribution in [0.15, 0.2) is 28.2 Å². The second-order valence-electron chi connectivity index (χ2n) is 7.58. The molecule has 1 aliphatic heterocycles. The predicted octanol–water partition coefficient (Wildman–Crippen LogP) is 4.50. The summed E-state index contributed by atoms with van der Waals surface area (Å²) in [5, 5.41) is 10.5. The number of benzene rings is 1. The number of carbonyl (C=O) groups is 1. The van der Waals surface area contributed by atoms with Crippen molar-refractivity contribution in [2.75, 3.05) is 18.5 Å². The number of ether oxygens (including phenoxy) is 1. The molecule has 1 fully saturated rings. The number of carbonyl (C=O) groups excluding carboxylic acids is 1. The molecule has 4 rings (SSSR count). The van der Waals surface area contributed by atoms with Crippen molar-refractivity contribution in [3.05, 3.63) is 45.7 Å². The fourth-order valence-electron chi connectivity index (χ4n) is 3.77. The maximum absolute atomic E-state index is 12.6. The van der Waals surface area contributed by atoms with Gasteiger partial charge in [-0.05, 0) is 58.4 Å². The van der Waals surface area contributed by atoms with Crippen LogP contribution in [0.5, 0.6) is 5.75 Å². The van der Waals surface area contributed by atoms with Crippen LogP contribution in [0.4, 0.5) is 5.69 Å². The SMILES string of the molecule is Cc1noc(C)c1-c1cc(NC(=O)c2ncsc2C)ccc1OC[C@H]1CCCCN1. The van der Waals surface area contributed by atoms with Crippen LogP contribution >= 0.6 is 11.3 Å². The molecule has 1 saturated heterocycles. The molecule has 0 radical (unpaired) electrons. The molecule has 0 bridgehead atoms. The van der Waals surface area contributed by atoms with E-state index in [0.29, 0.717) is 29.8 Å². The summed E-state index contributed by atoms with van der Waals surface area (Å²) in [5.41, 5.74) is 5.33. The van der Waals surface area contributed by atoms with Crippen LogP contribution in [0.2, 0.25) is 0 Å². The number of aromatic nitrogens is 2. The van der Waals surface area contributed by atoms with Gasteiger partial charge in [0.15, 0.2) is 0 Å². The van der Waals surface area contributed by atoms with Gasteiger partial charge >= 0.3 is 0 Å². The number of rotatable bonds is 6. The monoisotopic (exact) mass is 426 g/mol. The number of nitrogens with one attached hydrogen (secondary N) is 2. The molecule has 2 aromatic heterocycles. The zero-order valence-corrected chi connectivity index (χ0v) is 18.3. The van der Waals surface area contributed by atoms with E-state index in [1.54, 1.807) is 5.51 Å². The Morgan fingerprint density at radius 2 is 2.20 bits per heavy atom. The number of hydrogen-bond donors (Lipinski definition) is 2. The molecule has 1 amide bonds. The first-order valence-electron chi connectivity index (χ1n) is 10.2. The maximum Gasteiger partial charge on any atom is 0.275 e. The van der Waals surface area contributed by atoms with Crippen molar-refractivity contribution in [2.24, 2.45) is 0 Å². The molecule has 3 heterocycles. The smallest absolute Gasteiger partial charge is 0.275 e. The van der Waals surface area contributed by atoms with E-state index < -0.39 is 0 Å². The lowest BCUT2D eigenvalue weighted by Gasteiger charge is -2.24. The molecule has 0 aliphatic carbocycles. The van der Waals surface area contributed by atoms with Gasteiger partial charge in [-0.1, -0.05) is 11.6 Å². The lowest BCUT2D eigenvalue weighted by molar-refractivity contribution is 0.102. The van der Waals surface area contributed by atoms with E-state index in [0.717, 1.165) is 40.4 Å². The molecule has 2 N–H and O–H groups in total. The Morgan fingerprint density at radius 3 is 2.87 bits per heavy atom. The third-order valence-electron chi connectivity index (χ3n) is 5.35. The van der Waals surface area contributed by atoms with Crippen molar-refractivity contribution >= 4 is 22.9 Å². The van der Waals surface area contributed by atoms with E-state index in [2.05, 4.69) is 20.8 Å². The van der Waals surface area contributed by atoms with Crippen molar-refractivity contribution in [2.45, 2.75) is 46.1 Å². The molecule has 1 aromatic carbocycles. The number of aryl methyl sites for hydroxylation is 3. The number of hydrogen-bond acceptors (Lipinski definition) is 7. The summed E-state index contributed by atoms with van der Waals surface area (Å²) in [6.45, 7) is 7.30. The average molecular weight is 427 g/mol. The molecule has 0 spiro atoms. The van der Waals surface area contributed by atoms with Crippen molar-refractivity contribution in [1.29, 1.82) is 0 Å². The first kappa shape index (κ1) is 20.6. The first-order chi connectivity index (χ1) is 14.5. The van der Waals surface area contributed by atoms with E-state index in [1.807, 2.05) is 39.0 Å². The average Bonchev–Trinajstić information content (AvgIpc) is 3.32. The van der Waals surface area contributed by atoms with Crippen LogP contribution in [-0.4, -0.2) is 35.2 Å². The fourth-order valence-corrected chi connectivity index (χ4v) is 4.34. The van der Waals surface area contributed by atoms with Gasteiger partial charge in [0.2, 0.25) is 0 Å². The van der Waals surface area contributed by atoms with Crippen LogP contribution < -0.4 is 15.4 Å². The van der Waals surface area contributed by atoms with Gasteiger partial charge in [-0.15, -0.1) is 11.3 Å². The van der Waals surface area contributed by atoms with E-state index in [9.17, 15) is 4.79 Å². The Labute approximate surface area is 179 Å². The van der Waals surface area contributed by atoms with Gasteiger partial charge in [0.05, 0.1) is 16.8 Å². The standard InChI is InChI=1S/C22H26N4O3S/c1-13-20(14(2)29-26-13)18-10-16(25-22(27)21-15(3)30-12-24-21)7-8-19(18)28-11-17-6-4-5-9-23-17/h7-8,10,12,17,23H,4-6,9,11H2,1-3H3,(H,25,27)/t17-/m1/s1. The van der Waals surface area contributed by atoms with Crippen LogP contribution in [-0.2, 0) is 0 Å². The molecule has 1 aliphatic rings. The highest BCUT2D eigenvalue weighted by Crippen LogP contribution is 2.37. The molecule has 1 atom stereocenters. The van der Waals surface area contributed by atoms with Gasteiger partial charge in [0.25, 0.3) is 5.91 Å². The number of anilines is 1. The van der Waals surface area contributed by atoms with Crippen molar-refractivity contribution in [1.82, 2.24) is 15.5 Å². The Hall–Kier alpha value is -2.71. The second kappa shape index (κ2) is 8.97. The first-order valence-corrected chi connectivity index (χ1v) is 11.1. The molecule has 30 heavy (non-hydrogen) atoms. The summed E-state index contributed by atoms with van der Waals surface area (Å²) < 4.78 is 11.6. The van der Waals surface area contributed by atoms with Gasteiger partial charge in [0.1, 0.15) is 23.8 Å². The minimum absolute atomic E-state index is 0.224. The largest absolute Gasteiger partial charge is 0.491 e. The fraction of sp³-hybridized carbons (Fsp3) is 0.409. The highest BCUT2D eigenvalue weighted by atomic mass is 32.1. The Kier molecular flexibility index (Phi) is 6.15. The van der Waals surface area contributed by atoms with Gasteiger partial charge in [-0.2, -0.15) is 0 Å². The predicted molar refractivity (Wildman–Crippen MR) is 117 cm³/mol. The van der Waals surface area contributed by atoms with Crippen LogP contribution in [0.1, 0.15) is 46.1 Å². The molecule has 7 nitrogen and oxygen atoms in total. The summed E-state index contributed by atoms with van der Waals surface area (Å²) in [4.78, 5) is 17.7. The molecular formula is C22H26N4O3S. The van der Waals surface area contributed by atoms with Crippen molar-refractivity contribution in [3.63, 3.8) is 0 Å². The van der Waals surface area contributed by atoms with Crippen LogP contribution in [0.3, 0.4) is 0 Å². The summed E-state index contributed by atoms with van der Waals surface area (Å²) in [6, 6.07) is 6.01. The van der Waals surface area contributed by atoms with E-state index in [-0.39, 0.29) is 5.91 Å². The maximum atomic E-state index is 12.6. The summed E-state index contributed by atoms with van der Waals surface area (Å²) in [5.74, 6) is 1.24. The number of piperidine rings is 1. The van der Waals surface area contributed by atoms with E-state index in [4.69, 9.17) is 9.26 Å². The Bertz CT molecular complexity index is 1020. The minimum Gasteiger partial charge on any atom is -0.491 e. The molecular weight excluding hydrogens is 400 g/mol. The summed E-state index contributed by atoms with van der Waals surface area (Å²) >= 11 is 1.45. The number of thiazole rings is 1. The van der Waals surface area contributed by atoms with Crippen LogP contribution in [0.25, 0.3) is 11.1 Å². The highest BCUT2D eigenvalue weighted by molar-refractivity contribution is 7.09. The molecule has 158 valence electrons. The van der Waals surface area contributed by atoms with Gasteiger partial charge in [0, 0.05) is 22.2 Å². The molecule has 3 aromatic rings. The number of nitrogens with zero attached hydrogens (tertiary/aromatic N) is 2. The topological polar surface area (TPSA) is 89.3 Å². The molecule has 0 unspecified atom stereocenters. The minimum atomic E-state index is -0.224. The normalized spacial score (nSPS) is 16.4. The molecule has 0 saturated carbocycles. The molecule has 8 heteroatoms. The van der Waals surface area contributed by atoms with Gasteiger partial charge in [-0.3, -0.25) is 4.79 Å². The quantitative estimate of drug-likeness (QED) is 0.603. The summed E-state index contributed by atoms with van der Waals surface area (Å²) in [7, 11) is 0. The lowest BCUT2D eigenvalue weighted by atomic mass is 10.0. The highest BCUT2D eigenvalue weighted by Gasteiger charge is 2.20. The third-order valence-corrected chi connectivity index (χ3v) is 6.11. The van der Waals surface area contributed by atoms with Crippen molar-refractivity contribution < 1.29 is 14.1 Å². The number of amides is 1. The van der Waals surface area contributed by atoms with Crippen molar-refractivity contribution in [3.8, 4) is 16.9 Å². The lowest BCUT2D eigenvalue weighted by Crippen LogP contribution is -2.38. The van der Waals surface area contributed by atoms with Gasteiger partial charge in [-0.25, -0.2) is 4.98 Å². The van der Waals surface area contributed by atoms with Crippen LogP contribution in [0, 0.1) is 20.8 Å². The Morgan fingerprint density at radius 1 is 1.33 bits per heavy atom. The summed E-state index contributed by atoms with van der Waals surface area (Å²) in [6.07, 6.45) is 3.55. The Balaban J connectivity index is 1.61. The third kappa shape index (κ3) is 4.39. The zero-order chi connectivity index (χ0) is 21.1.